The minimum absolute atomic E-state index is 0.105. The Kier molecular flexibility index (Phi) is 4.37. The van der Waals surface area contributed by atoms with E-state index < -0.39 is 0 Å². The van der Waals surface area contributed by atoms with E-state index >= 15 is 0 Å². The molecule has 1 atom stereocenters. The molecule has 0 aliphatic heterocycles. The van der Waals surface area contributed by atoms with Crippen LogP contribution in [0, 0.1) is 6.92 Å². The summed E-state index contributed by atoms with van der Waals surface area (Å²) in [5.41, 5.74) is 4.14. The van der Waals surface area contributed by atoms with Crippen molar-refractivity contribution in [2.75, 3.05) is 7.05 Å². The lowest BCUT2D eigenvalue weighted by atomic mass is 10.0. The molecule has 6 nitrogen and oxygen atoms in total. The lowest BCUT2D eigenvalue weighted by Crippen LogP contribution is -2.30. The van der Waals surface area contributed by atoms with Crippen LogP contribution in [0.3, 0.4) is 0 Å². The van der Waals surface area contributed by atoms with Crippen molar-refractivity contribution >= 4 is 5.91 Å². The summed E-state index contributed by atoms with van der Waals surface area (Å²) >= 11 is 0. The van der Waals surface area contributed by atoms with Crippen LogP contribution in [-0.4, -0.2) is 38.0 Å². The number of carbonyl (C=O) groups is 1. The van der Waals surface area contributed by atoms with Crippen molar-refractivity contribution < 1.29 is 4.79 Å². The van der Waals surface area contributed by atoms with Crippen LogP contribution in [0.1, 0.15) is 34.6 Å². The molecule has 0 unspecified atom stereocenters. The molecular weight excluding hydrogens is 302 g/mol. The molecule has 24 heavy (non-hydrogen) atoms. The number of rotatable bonds is 4. The lowest BCUT2D eigenvalue weighted by molar-refractivity contribution is 0.0740. The van der Waals surface area contributed by atoms with Gasteiger partial charge in [-0.25, -0.2) is 9.97 Å². The van der Waals surface area contributed by atoms with Gasteiger partial charge >= 0.3 is 0 Å². The van der Waals surface area contributed by atoms with Crippen LogP contribution < -0.4 is 0 Å². The van der Waals surface area contributed by atoms with E-state index in [0.717, 1.165) is 22.5 Å². The molecule has 0 saturated heterocycles. The largest absolute Gasteiger partial charge is 0.333 e. The Morgan fingerprint density at radius 3 is 2.83 bits per heavy atom. The van der Waals surface area contributed by atoms with Gasteiger partial charge in [-0.3, -0.25) is 9.89 Å². The molecule has 1 amide bonds. The maximum atomic E-state index is 12.9. The van der Waals surface area contributed by atoms with Crippen molar-refractivity contribution in [1.29, 1.82) is 0 Å². The van der Waals surface area contributed by atoms with Crippen LogP contribution in [-0.2, 0) is 0 Å². The van der Waals surface area contributed by atoms with Crippen LogP contribution in [0.2, 0.25) is 0 Å². The van der Waals surface area contributed by atoms with E-state index in [9.17, 15) is 4.79 Å². The van der Waals surface area contributed by atoms with Crippen molar-refractivity contribution in [3.05, 3.63) is 65.9 Å². The normalized spacial score (nSPS) is 12.0. The fraction of sp³-hybridized carbons (Fsp3) is 0.222. The topological polar surface area (TPSA) is 74.8 Å². The minimum atomic E-state index is -0.166. The first-order chi connectivity index (χ1) is 11.6. The lowest BCUT2D eigenvalue weighted by Gasteiger charge is -2.24. The first-order valence-corrected chi connectivity index (χ1v) is 7.71. The molecule has 0 radical (unpaired) electrons. The highest BCUT2D eigenvalue weighted by Gasteiger charge is 2.23. The summed E-state index contributed by atoms with van der Waals surface area (Å²) in [5.74, 6) is -0.105. The summed E-state index contributed by atoms with van der Waals surface area (Å²) in [6.07, 6.45) is 4.73. The van der Waals surface area contributed by atoms with E-state index in [-0.39, 0.29) is 11.9 Å². The average molecular weight is 321 g/mol. The Morgan fingerprint density at radius 1 is 1.29 bits per heavy atom. The van der Waals surface area contributed by atoms with Crippen LogP contribution in [0.25, 0.3) is 11.3 Å². The molecule has 0 spiro atoms. The van der Waals surface area contributed by atoms with Crippen LogP contribution in [0.4, 0.5) is 0 Å². The molecule has 0 saturated carbocycles. The Bertz CT molecular complexity index is 843. The Balaban J connectivity index is 1.90. The Morgan fingerprint density at radius 2 is 2.12 bits per heavy atom. The van der Waals surface area contributed by atoms with E-state index in [4.69, 9.17) is 0 Å². The Labute approximate surface area is 140 Å². The van der Waals surface area contributed by atoms with Crippen molar-refractivity contribution in [2.24, 2.45) is 0 Å². The van der Waals surface area contributed by atoms with Crippen molar-refractivity contribution in [3.8, 4) is 11.3 Å². The van der Waals surface area contributed by atoms with E-state index in [1.54, 1.807) is 24.3 Å². The van der Waals surface area contributed by atoms with Crippen LogP contribution >= 0.6 is 0 Å². The zero-order valence-corrected chi connectivity index (χ0v) is 13.9. The van der Waals surface area contributed by atoms with Gasteiger partial charge in [0.2, 0.25) is 0 Å². The number of aryl methyl sites for hydroxylation is 1. The van der Waals surface area contributed by atoms with Gasteiger partial charge < -0.3 is 4.90 Å². The maximum absolute atomic E-state index is 12.9. The molecule has 0 aliphatic rings. The summed E-state index contributed by atoms with van der Waals surface area (Å²) in [6, 6.07) is 9.62. The van der Waals surface area contributed by atoms with Gasteiger partial charge in [-0.15, -0.1) is 0 Å². The summed E-state index contributed by atoms with van der Waals surface area (Å²) in [6.45, 7) is 3.96. The minimum Gasteiger partial charge on any atom is -0.333 e. The number of benzene rings is 1. The fourth-order valence-electron chi connectivity index (χ4n) is 2.58. The number of aromatic amines is 1. The molecule has 1 N–H and O–H groups in total. The molecule has 0 fully saturated rings. The van der Waals surface area contributed by atoms with Gasteiger partial charge in [0.05, 0.1) is 29.2 Å². The predicted octanol–water partition coefficient (Wildman–Crippen LogP) is 3.01. The second-order valence-electron chi connectivity index (χ2n) is 5.75. The molecule has 122 valence electrons. The molecule has 1 aromatic carbocycles. The number of hydrogen-bond acceptors (Lipinski definition) is 4. The molecule has 2 heterocycles. The van der Waals surface area contributed by atoms with Gasteiger partial charge in [0, 0.05) is 18.8 Å². The zero-order chi connectivity index (χ0) is 17.1. The van der Waals surface area contributed by atoms with Crippen LogP contribution in [0.5, 0.6) is 0 Å². The third kappa shape index (κ3) is 3.03. The molecule has 0 bridgehead atoms. The van der Waals surface area contributed by atoms with Crippen molar-refractivity contribution in [3.63, 3.8) is 0 Å². The SMILES string of the molecule is Cc1cccc(-c2[nH]ncc2C(=O)N(C)[C@@H](C)c2ccncn2)c1. The van der Waals surface area contributed by atoms with Gasteiger partial charge in [0.1, 0.15) is 6.33 Å². The number of amides is 1. The van der Waals surface area contributed by atoms with Gasteiger partial charge in [0.25, 0.3) is 5.91 Å². The number of H-pyrrole nitrogens is 1. The molecular formula is C18H19N5O. The highest BCUT2D eigenvalue weighted by molar-refractivity contribution is 5.99. The Hall–Kier alpha value is -3.02. The maximum Gasteiger partial charge on any atom is 0.257 e. The number of nitrogens with zero attached hydrogens (tertiary/aromatic N) is 4. The monoisotopic (exact) mass is 321 g/mol. The third-order valence-electron chi connectivity index (χ3n) is 4.11. The predicted molar refractivity (Wildman–Crippen MR) is 91.3 cm³/mol. The standard InChI is InChI=1S/C18H19N5O/c1-12-5-4-6-14(9-12)17-15(10-21-22-17)18(24)23(3)13(2)16-7-8-19-11-20-16/h4-11,13H,1-3H3,(H,21,22)/t13-/m0/s1. The highest BCUT2D eigenvalue weighted by atomic mass is 16.2. The van der Waals surface area contributed by atoms with Gasteiger partial charge in [-0.2, -0.15) is 5.10 Å². The molecule has 3 aromatic rings. The van der Waals surface area contributed by atoms with Crippen molar-refractivity contribution in [2.45, 2.75) is 19.9 Å². The zero-order valence-electron chi connectivity index (χ0n) is 13.9. The van der Waals surface area contributed by atoms with Crippen molar-refractivity contribution in [1.82, 2.24) is 25.1 Å². The summed E-state index contributed by atoms with van der Waals surface area (Å²) < 4.78 is 0. The second kappa shape index (κ2) is 6.62. The summed E-state index contributed by atoms with van der Waals surface area (Å²) in [4.78, 5) is 22.7. The van der Waals surface area contributed by atoms with E-state index in [1.165, 1.54) is 6.33 Å². The first kappa shape index (κ1) is 15.9. The van der Waals surface area contributed by atoms with E-state index in [1.807, 2.05) is 44.2 Å². The molecule has 3 rings (SSSR count). The first-order valence-electron chi connectivity index (χ1n) is 7.71. The molecule has 6 heteroatoms. The summed E-state index contributed by atoms with van der Waals surface area (Å²) in [7, 11) is 1.77. The number of carbonyl (C=O) groups excluding carboxylic acids is 1. The second-order valence-corrected chi connectivity index (χ2v) is 5.75. The molecule has 2 aromatic heterocycles. The van der Waals surface area contributed by atoms with Gasteiger partial charge in [-0.05, 0) is 26.0 Å². The molecule has 0 aliphatic carbocycles. The number of aromatic nitrogens is 4. The van der Waals surface area contributed by atoms with Gasteiger partial charge in [-0.1, -0.05) is 23.8 Å². The number of hydrogen-bond donors (Lipinski definition) is 1. The van der Waals surface area contributed by atoms with Crippen LogP contribution in [0.15, 0.2) is 49.1 Å². The van der Waals surface area contributed by atoms with Gasteiger partial charge in [0.15, 0.2) is 0 Å². The fourth-order valence-corrected chi connectivity index (χ4v) is 2.58. The quantitative estimate of drug-likeness (QED) is 0.801. The number of nitrogens with one attached hydrogen (secondary N) is 1. The third-order valence-corrected chi connectivity index (χ3v) is 4.11. The summed E-state index contributed by atoms with van der Waals surface area (Å²) in [5, 5.41) is 7.01. The smallest absolute Gasteiger partial charge is 0.257 e. The van der Waals surface area contributed by atoms with E-state index in [0.29, 0.717) is 5.56 Å². The highest BCUT2D eigenvalue weighted by Crippen LogP contribution is 2.25. The average Bonchev–Trinajstić information content (AvgIpc) is 3.10. The van der Waals surface area contributed by atoms with E-state index in [2.05, 4.69) is 20.2 Å².